The second-order valence-electron chi connectivity index (χ2n) is 7.08. The van der Waals surface area contributed by atoms with E-state index in [1.54, 1.807) is 30.3 Å². The van der Waals surface area contributed by atoms with Crippen LogP contribution in [0.3, 0.4) is 0 Å². The Kier molecular flexibility index (Phi) is 6.55. The molecule has 0 amide bonds. The Morgan fingerprint density at radius 3 is 2.59 bits per heavy atom. The van der Waals surface area contributed by atoms with Crippen molar-refractivity contribution in [3.8, 4) is 11.5 Å². The van der Waals surface area contributed by atoms with E-state index >= 15 is 0 Å². The molecule has 0 bridgehead atoms. The number of non-ortho nitro benzene ring substituents is 1. The molecule has 0 radical (unpaired) electrons. The van der Waals surface area contributed by atoms with E-state index in [9.17, 15) is 19.3 Å². The number of nitrogens with zero attached hydrogens (tertiary/aromatic N) is 2. The Morgan fingerprint density at radius 2 is 1.88 bits per heavy atom. The summed E-state index contributed by atoms with van der Waals surface area (Å²) in [5, 5.41) is 11.2. The zero-order valence-corrected chi connectivity index (χ0v) is 18.4. The minimum Gasteiger partial charge on any atom is -0.493 e. The van der Waals surface area contributed by atoms with Crippen LogP contribution in [0.2, 0.25) is 5.02 Å². The molecule has 1 heterocycles. The third-order valence-electron chi connectivity index (χ3n) is 4.81. The molecule has 0 spiro atoms. The van der Waals surface area contributed by atoms with Crippen molar-refractivity contribution >= 4 is 35.2 Å². The topological polar surface area (TPSA) is 100 Å². The van der Waals surface area contributed by atoms with Gasteiger partial charge in [-0.2, -0.15) is 0 Å². The number of hydrogen-bond acceptors (Lipinski definition) is 7. The van der Waals surface area contributed by atoms with Gasteiger partial charge in [0.25, 0.3) is 5.69 Å². The molecular formula is C24H16ClFN2O6. The van der Waals surface area contributed by atoms with E-state index in [1.165, 1.54) is 43.5 Å². The number of aliphatic imine (C=N–C) groups is 1. The van der Waals surface area contributed by atoms with E-state index in [0.29, 0.717) is 17.1 Å². The zero-order chi connectivity index (χ0) is 24.2. The summed E-state index contributed by atoms with van der Waals surface area (Å²) in [4.78, 5) is 26.9. The standard InChI is InChI=1S/C24H16ClFN2O6/c1-32-22-11-15(4-9-21(22)33-13-14-2-5-16(26)6-3-14)10-20-24(29)34-23(27-20)18-12-17(28(30)31)7-8-19(18)25/h2-12H,13H2,1H3/b20-10-. The summed E-state index contributed by atoms with van der Waals surface area (Å²) < 4.78 is 29.4. The van der Waals surface area contributed by atoms with Crippen molar-refractivity contribution in [2.45, 2.75) is 6.61 Å². The van der Waals surface area contributed by atoms with Gasteiger partial charge in [-0.3, -0.25) is 10.1 Å². The van der Waals surface area contributed by atoms with E-state index in [-0.39, 0.29) is 40.3 Å². The predicted molar refractivity (Wildman–Crippen MR) is 122 cm³/mol. The molecule has 3 aromatic carbocycles. The van der Waals surface area contributed by atoms with E-state index < -0.39 is 10.9 Å². The fraction of sp³-hybridized carbons (Fsp3) is 0.0833. The van der Waals surface area contributed by atoms with Gasteiger partial charge in [-0.1, -0.05) is 29.8 Å². The number of nitro benzene ring substituents is 1. The van der Waals surface area contributed by atoms with Crippen LogP contribution in [-0.2, 0) is 16.1 Å². The molecule has 0 atom stereocenters. The number of halogens is 2. The van der Waals surface area contributed by atoms with Crippen molar-refractivity contribution in [3.05, 3.63) is 104 Å². The number of carbonyl (C=O) groups excluding carboxylic acids is 1. The van der Waals surface area contributed by atoms with E-state index in [4.69, 9.17) is 25.8 Å². The molecule has 0 fully saturated rings. The van der Waals surface area contributed by atoms with Gasteiger partial charge in [-0.05, 0) is 47.5 Å². The molecule has 1 aliphatic rings. The summed E-state index contributed by atoms with van der Waals surface area (Å²) in [5.41, 5.74) is 1.27. The number of rotatable bonds is 7. The third kappa shape index (κ3) is 5.05. The minimum atomic E-state index is -0.729. The summed E-state index contributed by atoms with van der Waals surface area (Å²) in [6.45, 7) is 0.209. The second kappa shape index (κ2) is 9.72. The molecule has 34 heavy (non-hydrogen) atoms. The summed E-state index contributed by atoms with van der Waals surface area (Å²) in [6, 6.07) is 14.7. The van der Waals surface area contributed by atoms with Crippen LogP contribution in [0.5, 0.6) is 11.5 Å². The molecule has 0 aromatic heterocycles. The lowest BCUT2D eigenvalue weighted by molar-refractivity contribution is -0.384. The van der Waals surface area contributed by atoms with Gasteiger partial charge < -0.3 is 14.2 Å². The van der Waals surface area contributed by atoms with Gasteiger partial charge in [0, 0.05) is 12.1 Å². The number of hydrogen-bond donors (Lipinski definition) is 0. The molecule has 0 saturated heterocycles. The highest BCUT2D eigenvalue weighted by Gasteiger charge is 2.27. The first-order valence-electron chi connectivity index (χ1n) is 9.86. The zero-order valence-electron chi connectivity index (χ0n) is 17.7. The lowest BCUT2D eigenvalue weighted by Crippen LogP contribution is -2.06. The van der Waals surface area contributed by atoms with Crippen LogP contribution in [0.25, 0.3) is 6.08 Å². The first-order valence-corrected chi connectivity index (χ1v) is 10.2. The molecule has 8 nitrogen and oxygen atoms in total. The quantitative estimate of drug-likeness (QED) is 0.195. The fourth-order valence-electron chi connectivity index (χ4n) is 3.11. The average molecular weight is 483 g/mol. The smallest absolute Gasteiger partial charge is 0.363 e. The number of ether oxygens (including phenoxy) is 3. The van der Waals surface area contributed by atoms with Crippen LogP contribution in [0.4, 0.5) is 10.1 Å². The lowest BCUT2D eigenvalue weighted by atomic mass is 10.1. The lowest BCUT2D eigenvalue weighted by Gasteiger charge is -2.11. The highest BCUT2D eigenvalue weighted by molar-refractivity contribution is 6.34. The molecule has 0 aliphatic carbocycles. The van der Waals surface area contributed by atoms with Crippen molar-refractivity contribution in [2.75, 3.05) is 7.11 Å². The highest BCUT2D eigenvalue weighted by atomic mass is 35.5. The normalized spacial score (nSPS) is 14.0. The van der Waals surface area contributed by atoms with E-state index in [0.717, 1.165) is 5.56 Å². The molecule has 172 valence electrons. The van der Waals surface area contributed by atoms with Gasteiger partial charge in [-0.15, -0.1) is 0 Å². The van der Waals surface area contributed by atoms with Crippen molar-refractivity contribution < 1.29 is 28.3 Å². The number of cyclic esters (lactones) is 1. The minimum absolute atomic E-state index is 0.0143. The maximum Gasteiger partial charge on any atom is 0.363 e. The van der Waals surface area contributed by atoms with E-state index in [2.05, 4.69) is 4.99 Å². The SMILES string of the molecule is COc1cc(/C=C2\N=C(c3cc([N+](=O)[O-])ccc3Cl)OC2=O)ccc1OCc1ccc(F)cc1. The van der Waals surface area contributed by atoms with Gasteiger partial charge in [0.1, 0.15) is 12.4 Å². The van der Waals surface area contributed by atoms with Crippen molar-refractivity contribution in [2.24, 2.45) is 4.99 Å². The molecule has 10 heteroatoms. The molecule has 3 aromatic rings. The third-order valence-corrected chi connectivity index (χ3v) is 5.14. The second-order valence-corrected chi connectivity index (χ2v) is 7.49. The van der Waals surface area contributed by atoms with Gasteiger partial charge >= 0.3 is 5.97 Å². The van der Waals surface area contributed by atoms with Crippen LogP contribution in [0.1, 0.15) is 16.7 Å². The summed E-state index contributed by atoms with van der Waals surface area (Å²) >= 11 is 6.11. The average Bonchev–Trinajstić information content (AvgIpc) is 3.19. The predicted octanol–water partition coefficient (Wildman–Crippen LogP) is 5.32. The number of methoxy groups -OCH3 is 1. The molecule has 0 N–H and O–H groups in total. The van der Waals surface area contributed by atoms with Gasteiger partial charge in [0.05, 0.1) is 22.6 Å². The Hall–Kier alpha value is -4.24. The van der Waals surface area contributed by atoms with Gasteiger partial charge in [0.2, 0.25) is 5.90 Å². The summed E-state index contributed by atoms with van der Waals surface area (Å²) in [7, 11) is 1.47. The summed E-state index contributed by atoms with van der Waals surface area (Å²) in [6.07, 6.45) is 1.48. The maximum absolute atomic E-state index is 13.1. The van der Waals surface area contributed by atoms with Crippen LogP contribution < -0.4 is 9.47 Å². The van der Waals surface area contributed by atoms with Crippen molar-refractivity contribution in [1.82, 2.24) is 0 Å². The highest BCUT2D eigenvalue weighted by Crippen LogP contribution is 2.31. The Morgan fingerprint density at radius 1 is 1.12 bits per heavy atom. The van der Waals surface area contributed by atoms with Crippen LogP contribution in [0.15, 0.2) is 71.4 Å². The first-order chi connectivity index (χ1) is 16.3. The Bertz CT molecular complexity index is 1340. The Labute approximate surface area is 198 Å². The van der Waals surface area contributed by atoms with Crippen molar-refractivity contribution in [1.29, 1.82) is 0 Å². The number of benzene rings is 3. The molecular weight excluding hydrogens is 467 g/mol. The first kappa shape index (κ1) is 22.9. The van der Waals surface area contributed by atoms with Crippen LogP contribution in [0, 0.1) is 15.9 Å². The molecule has 4 rings (SSSR count). The maximum atomic E-state index is 13.1. The van der Waals surface area contributed by atoms with Crippen LogP contribution >= 0.6 is 11.6 Å². The number of carbonyl (C=O) groups is 1. The monoisotopic (exact) mass is 482 g/mol. The number of esters is 1. The van der Waals surface area contributed by atoms with E-state index in [1.807, 2.05) is 0 Å². The number of nitro groups is 1. The molecule has 0 saturated carbocycles. The van der Waals surface area contributed by atoms with Gasteiger partial charge in [0.15, 0.2) is 17.2 Å². The van der Waals surface area contributed by atoms with Crippen molar-refractivity contribution in [3.63, 3.8) is 0 Å². The van der Waals surface area contributed by atoms with Gasteiger partial charge in [-0.25, -0.2) is 14.2 Å². The Balaban J connectivity index is 1.57. The largest absolute Gasteiger partial charge is 0.493 e. The summed E-state index contributed by atoms with van der Waals surface area (Å²) in [5.74, 6) is -0.323. The van der Waals surface area contributed by atoms with Crippen LogP contribution in [-0.4, -0.2) is 23.9 Å². The molecule has 1 aliphatic heterocycles. The molecule has 0 unspecified atom stereocenters. The fourth-order valence-corrected chi connectivity index (χ4v) is 3.31.